The number of hydrogen-bond acceptors (Lipinski definition) is 4. The van der Waals surface area contributed by atoms with E-state index in [1.165, 1.54) is 38.5 Å². The second kappa shape index (κ2) is 6.88. The number of carbonyl (C=O) groups is 1. The molecule has 0 spiro atoms. The second-order valence-electron chi connectivity index (χ2n) is 9.11. The van der Waals surface area contributed by atoms with Crippen molar-refractivity contribution >= 4 is 15.9 Å². The fraction of sp³-hybridized carbons (Fsp3) is 0.789. The lowest BCUT2D eigenvalue weighted by Gasteiger charge is -2.56. The van der Waals surface area contributed by atoms with E-state index >= 15 is 0 Å². The molecule has 27 heavy (non-hydrogen) atoms. The number of aryl methyl sites for hydroxylation is 2. The number of rotatable bonds is 7. The number of H-pyrrole nitrogens is 1. The second-order valence-corrected chi connectivity index (χ2v) is 10.8. The van der Waals surface area contributed by atoms with Gasteiger partial charge < -0.3 is 5.32 Å². The van der Waals surface area contributed by atoms with Crippen LogP contribution in [0, 0.1) is 37.0 Å². The third-order valence-electron chi connectivity index (χ3n) is 6.77. The van der Waals surface area contributed by atoms with Gasteiger partial charge in [0, 0.05) is 19.5 Å². The van der Waals surface area contributed by atoms with Gasteiger partial charge in [-0.15, -0.1) is 0 Å². The lowest BCUT2D eigenvalue weighted by Crippen LogP contribution is -2.48. The molecule has 5 rings (SSSR count). The lowest BCUT2D eigenvalue weighted by molar-refractivity contribution is -0.129. The Bertz CT molecular complexity index is 775. The number of nitrogens with zero attached hydrogens (tertiary/aromatic N) is 1. The molecule has 0 aliphatic heterocycles. The van der Waals surface area contributed by atoms with Crippen molar-refractivity contribution in [3.05, 3.63) is 11.4 Å². The Morgan fingerprint density at radius 2 is 1.70 bits per heavy atom. The van der Waals surface area contributed by atoms with Gasteiger partial charge in [0.25, 0.3) is 0 Å². The standard InChI is InChI=1S/C19H30N4O3S/c1-12-18(13(2)23-22-12)27(25,26)21-4-3-20-17(24)11-19-8-14-5-15(9-19)7-16(6-14)10-19/h14-16,21H,3-11H2,1-2H3,(H,20,24)(H,22,23). The van der Waals surface area contributed by atoms with Crippen LogP contribution in [0.4, 0.5) is 0 Å². The quantitative estimate of drug-likeness (QED) is 0.616. The highest BCUT2D eigenvalue weighted by Gasteiger charge is 2.51. The van der Waals surface area contributed by atoms with Gasteiger partial charge in [-0.25, -0.2) is 13.1 Å². The van der Waals surface area contributed by atoms with E-state index in [0.29, 0.717) is 24.4 Å². The third kappa shape index (κ3) is 3.78. The highest BCUT2D eigenvalue weighted by Crippen LogP contribution is 2.61. The number of aromatic nitrogens is 2. The van der Waals surface area contributed by atoms with Crippen molar-refractivity contribution in [1.29, 1.82) is 0 Å². The van der Waals surface area contributed by atoms with E-state index in [4.69, 9.17) is 0 Å². The summed E-state index contributed by atoms with van der Waals surface area (Å²) in [5.41, 5.74) is 1.18. The Labute approximate surface area is 161 Å². The predicted molar refractivity (Wildman–Crippen MR) is 101 cm³/mol. The SMILES string of the molecule is Cc1n[nH]c(C)c1S(=O)(=O)NCCNC(=O)CC12CC3CC(CC(C3)C1)C2. The van der Waals surface area contributed by atoms with Crippen molar-refractivity contribution in [2.75, 3.05) is 13.1 Å². The van der Waals surface area contributed by atoms with E-state index in [2.05, 4.69) is 20.2 Å². The Hall–Kier alpha value is -1.41. The molecule has 3 N–H and O–H groups in total. The maximum atomic E-state index is 12.5. The summed E-state index contributed by atoms with van der Waals surface area (Å²) in [4.78, 5) is 12.7. The van der Waals surface area contributed by atoms with E-state index in [0.717, 1.165) is 17.8 Å². The number of sulfonamides is 1. The molecule has 8 heteroatoms. The van der Waals surface area contributed by atoms with Crippen LogP contribution in [-0.2, 0) is 14.8 Å². The molecular formula is C19H30N4O3S. The molecule has 0 unspecified atom stereocenters. The summed E-state index contributed by atoms with van der Waals surface area (Å²) in [6.07, 6.45) is 8.33. The smallest absolute Gasteiger partial charge is 0.244 e. The maximum absolute atomic E-state index is 12.5. The molecule has 4 fully saturated rings. The molecule has 0 radical (unpaired) electrons. The number of carbonyl (C=O) groups excluding carboxylic acids is 1. The normalized spacial score (nSPS) is 32.0. The molecule has 4 bridgehead atoms. The summed E-state index contributed by atoms with van der Waals surface area (Å²) < 4.78 is 27.3. The van der Waals surface area contributed by atoms with E-state index in [1.807, 2.05) is 0 Å². The molecule has 0 saturated heterocycles. The van der Waals surface area contributed by atoms with E-state index in [1.54, 1.807) is 13.8 Å². The van der Waals surface area contributed by atoms with Crippen LogP contribution in [0.1, 0.15) is 56.3 Å². The Balaban J connectivity index is 1.26. The molecule has 1 aromatic heterocycles. The van der Waals surface area contributed by atoms with Crippen molar-refractivity contribution in [1.82, 2.24) is 20.2 Å². The minimum absolute atomic E-state index is 0.0619. The molecule has 1 heterocycles. The van der Waals surface area contributed by atoms with Gasteiger partial charge >= 0.3 is 0 Å². The van der Waals surface area contributed by atoms with Gasteiger partial charge in [0.05, 0.1) is 11.4 Å². The number of aromatic amines is 1. The molecule has 0 atom stereocenters. The molecule has 1 aromatic rings. The third-order valence-corrected chi connectivity index (χ3v) is 8.49. The average Bonchev–Trinajstić information content (AvgIpc) is 2.89. The first-order valence-electron chi connectivity index (χ1n) is 10.0. The zero-order valence-corrected chi connectivity index (χ0v) is 17.0. The van der Waals surface area contributed by atoms with Crippen molar-refractivity contribution < 1.29 is 13.2 Å². The van der Waals surface area contributed by atoms with Crippen LogP contribution in [0.5, 0.6) is 0 Å². The highest BCUT2D eigenvalue weighted by molar-refractivity contribution is 7.89. The van der Waals surface area contributed by atoms with Gasteiger partial charge in [0.2, 0.25) is 15.9 Å². The summed E-state index contributed by atoms with van der Waals surface area (Å²) in [5, 5.41) is 9.53. The van der Waals surface area contributed by atoms with Crippen LogP contribution >= 0.6 is 0 Å². The van der Waals surface area contributed by atoms with Crippen molar-refractivity contribution in [2.24, 2.45) is 23.2 Å². The summed E-state index contributed by atoms with van der Waals surface area (Å²) >= 11 is 0. The zero-order valence-electron chi connectivity index (χ0n) is 16.2. The molecule has 7 nitrogen and oxygen atoms in total. The van der Waals surface area contributed by atoms with E-state index in [9.17, 15) is 13.2 Å². The first-order valence-corrected chi connectivity index (χ1v) is 11.5. The van der Waals surface area contributed by atoms with Crippen LogP contribution in [0.2, 0.25) is 0 Å². The zero-order chi connectivity index (χ0) is 19.2. The monoisotopic (exact) mass is 394 g/mol. The Morgan fingerprint density at radius 3 is 2.22 bits per heavy atom. The van der Waals surface area contributed by atoms with Gasteiger partial charge in [0.1, 0.15) is 4.90 Å². The summed E-state index contributed by atoms with van der Waals surface area (Å²) in [6.45, 7) is 3.83. The van der Waals surface area contributed by atoms with Gasteiger partial charge in [0.15, 0.2) is 0 Å². The Morgan fingerprint density at radius 1 is 1.11 bits per heavy atom. The fourth-order valence-electron chi connectivity index (χ4n) is 6.31. The molecule has 4 aliphatic rings. The Kier molecular flexibility index (Phi) is 4.83. The first kappa shape index (κ1) is 18.9. The van der Waals surface area contributed by atoms with Crippen LogP contribution in [0.15, 0.2) is 4.90 Å². The highest BCUT2D eigenvalue weighted by atomic mass is 32.2. The average molecular weight is 395 g/mol. The van der Waals surface area contributed by atoms with Gasteiger partial charge in [-0.2, -0.15) is 5.10 Å². The van der Waals surface area contributed by atoms with Gasteiger partial charge in [-0.05, 0) is 75.5 Å². The van der Waals surface area contributed by atoms with E-state index < -0.39 is 10.0 Å². The fourth-order valence-corrected chi connectivity index (χ4v) is 7.70. The number of nitrogens with one attached hydrogen (secondary N) is 3. The van der Waals surface area contributed by atoms with Crippen molar-refractivity contribution in [3.63, 3.8) is 0 Å². The number of amides is 1. The van der Waals surface area contributed by atoms with E-state index in [-0.39, 0.29) is 22.8 Å². The number of hydrogen-bond donors (Lipinski definition) is 3. The minimum Gasteiger partial charge on any atom is -0.355 e. The van der Waals surface area contributed by atoms with Gasteiger partial charge in [-0.3, -0.25) is 9.89 Å². The van der Waals surface area contributed by atoms with Crippen LogP contribution < -0.4 is 10.0 Å². The van der Waals surface area contributed by atoms with Crippen LogP contribution in [0.25, 0.3) is 0 Å². The van der Waals surface area contributed by atoms with Gasteiger partial charge in [-0.1, -0.05) is 0 Å². The summed E-state index contributed by atoms with van der Waals surface area (Å²) in [7, 11) is -3.61. The van der Waals surface area contributed by atoms with Crippen molar-refractivity contribution in [3.8, 4) is 0 Å². The molecule has 150 valence electrons. The molecular weight excluding hydrogens is 364 g/mol. The van der Waals surface area contributed by atoms with Crippen LogP contribution in [-0.4, -0.2) is 37.6 Å². The molecule has 0 aromatic carbocycles. The topological polar surface area (TPSA) is 104 Å². The lowest BCUT2D eigenvalue weighted by atomic mass is 9.49. The minimum atomic E-state index is -3.61. The summed E-state index contributed by atoms with van der Waals surface area (Å²) in [5.74, 6) is 2.55. The predicted octanol–water partition coefficient (Wildman–Crippen LogP) is 2.03. The van der Waals surface area contributed by atoms with Crippen molar-refractivity contribution in [2.45, 2.75) is 63.7 Å². The van der Waals surface area contributed by atoms with Crippen LogP contribution in [0.3, 0.4) is 0 Å². The largest absolute Gasteiger partial charge is 0.355 e. The molecule has 4 aliphatic carbocycles. The summed E-state index contributed by atoms with van der Waals surface area (Å²) in [6, 6.07) is 0. The molecule has 4 saturated carbocycles. The first-order chi connectivity index (χ1) is 12.8. The molecule has 1 amide bonds. The maximum Gasteiger partial charge on any atom is 0.244 e.